The summed E-state index contributed by atoms with van der Waals surface area (Å²) < 4.78 is 10.4. The van der Waals surface area contributed by atoms with E-state index in [4.69, 9.17) is 14.6 Å². The molecule has 1 aliphatic rings. The van der Waals surface area contributed by atoms with E-state index in [1.54, 1.807) is 30.3 Å². The van der Waals surface area contributed by atoms with Crippen LogP contribution in [0.3, 0.4) is 0 Å². The Labute approximate surface area is 122 Å². The maximum Gasteiger partial charge on any atom is 0.251 e. The van der Waals surface area contributed by atoms with Crippen molar-refractivity contribution in [2.24, 2.45) is 0 Å². The first kappa shape index (κ1) is 15.9. The minimum Gasteiger partial charge on any atom is -0.394 e. The van der Waals surface area contributed by atoms with E-state index in [9.17, 15) is 15.0 Å². The van der Waals surface area contributed by atoms with Gasteiger partial charge in [0.1, 0.15) is 24.4 Å². The van der Waals surface area contributed by atoms with E-state index >= 15 is 0 Å². The molecule has 5 unspecified atom stereocenters. The molecule has 1 aromatic carbocycles. The highest BCUT2D eigenvalue weighted by atomic mass is 16.7. The first-order valence-corrected chi connectivity index (χ1v) is 6.59. The lowest BCUT2D eigenvalue weighted by atomic mass is 10.0. The predicted molar refractivity (Wildman–Crippen MR) is 72.5 cm³/mol. The highest BCUT2D eigenvalue weighted by Crippen LogP contribution is 2.24. The summed E-state index contributed by atoms with van der Waals surface area (Å²) in [5.41, 5.74) is 0.436. The van der Waals surface area contributed by atoms with Gasteiger partial charge in [0, 0.05) is 12.7 Å². The summed E-state index contributed by atoms with van der Waals surface area (Å²) in [6, 6.07) is 7.67. The van der Waals surface area contributed by atoms with Crippen molar-refractivity contribution in [3.8, 4) is 0 Å². The Hall–Kier alpha value is -1.51. The second-order valence-corrected chi connectivity index (χ2v) is 4.81. The first-order chi connectivity index (χ1) is 10.1. The molecule has 7 heteroatoms. The second-order valence-electron chi connectivity index (χ2n) is 4.81. The summed E-state index contributed by atoms with van der Waals surface area (Å²) >= 11 is 0. The predicted octanol–water partition coefficient (Wildman–Crippen LogP) is -1.13. The van der Waals surface area contributed by atoms with E-state index in [1.165, 1.54) is 7.11 Å². The SMILES string of the molecule is COC1OC(C(O)CO)C(O)C1NC(=O)c1ccccc1. The lowest BCUT2D eigenvalue weighted by Gasteiger charge is -2.21. The molecule has 0 aliphatic carbocycles. The van der Waals surface area contributed by atoms with E-state index in [-0.39, 0.29) is 5.91 Å². The molecule has 1 aliphatic heterocycles. The van der Waals surface area contributed by atoms with E-state index in [0.717, 1.165) is 0 Å². The largest absolute Gasteiger partial charge is 0.394 e. The van der Waals surface area contributed by atoms with Gasteiger partial charge in [-0.15, -0.1) is 0 Å². The molecule has 5 atom stereocenters. The molecule has 21 heavy (non-hydrogen) atoms. The van der Waals surface area contributed by atoms with Gasteiger partial charge in [0.15, 0.2) is 6.29 Å². The van der Waals surface area contributed by atoms with Crippen LogP contribution in [0.15, 0.2) is 30.3 Å². The van der Waals surface area contributed by atoms with Crippen LogP contribution in [0, 0.1) is 0 Å². The number of carbonyl (C=O) groups is 1. The fourth-order valence-electron chi connectivity index (χ4n) is 2.29. The van der Waals surface area contributed by atoms with Crippen LogP contribution < -0.4 is 5.32 Å². The molecule has 0 radical (unpaired) electrons. The molecule has 1 fully saturated rings. The van der Waals surface area contributed by atoms with Gasteiger partial charge in [-0.2, -0.15) is 0 Å². The second kappa shape index (κ2) is 6.97. The lowest BCUT2D eigenvalue weighted by molar-refractivity contribution is -0.153. The van der Waals surface area contributed by atoms with Crippen molar-refractivity contribution in [2.45, 2.75) is 30.6 Å². The standard InChI is InChI=1S/C14H19NO6/c1-20-14-10(11(18)12(21-14)9(17)7-16)15-13(19)8-5-3-2-4-6-8/h2-6,9-12,14,16-18H,7H2,1H3,(H,15,19). The fraction of sp³-hybridized carbons (Fsp3) is 0.500. The van der Waals surface area contributed by atoms with Crippen molar-refractivity contribution in [3.05, 3.63) is 35.9 Å². The quantitative estimate of drug-likeness (QED) is 0.548. The number of aliphatic hydroxyl groups is 3. The maximum atomic E-state index is 12.1. The normalized spacial score (nSPS) is 30.1. The number of carbonyl (C=O) groups excluding carboxylic acids is 1. The third-order valence-corrected chi connectivity index (χ3v) is 3.42. The highest BCUT2D eigenvalue weighted by Gasteiger charge is 2.47. The van der Waals surface area contributed by atoms with Crippen LogP contribution in [-0.4, -0.2) is 65.6 Å². The Bertz CT molecular complexity index is 468. The third kappa shape index (κ3) is 3.39. The minimum atomic E-state index is -1.25. The van der Waals surface area contributed by atoms with Gasteiger partial charge in [-0.3, -0.25) is 4.79 Å². The topological polar surface area (TPSA) is 108 Å². The molecule has 0 spiro atoms. The van der Waals surface area contributed by atoms with Crippen LogP contribution in [0.4, 0.5) is 0 Å². The molecule has 0 bridgehead atoms. The van der Waals surface area contributed by atoms with Crippen LogP contribution in [-0.2, 0) is 9.47 Å². The summed E-state index contributed by atoms with van der Waals surface area (Å²) in [6.07, 6.45) is -4.37. The van der Waals surface area contributed by atoms with E-state index in [1.807, 2.05) is 0 Å². The van der Waals surface area contributed by atoms with Crippen LogP contribution in [0.25, 0.3) is 0 Å². The summed E-state index contributed by atoms with van der Waals surface area (Å²) in [7, 11) is 1.37. The third-order valence-electron chi connectivity index (χ3n) is 3.42. The molecule has 1 heterocycles. The molecule has 2 rings (SSSR count). The number of hydrogen-bond acceptors (Lipinski definition) is 6. The number of benzene rings is 1. The number of hydrogen-bond donors (Lipinski definition) is 4. The van der Waals surface area contributed by atoms with E-state index < -0.39 is 37.3 Å². The Morgan fingerprint density at radius 1 is 1.43 bits per heavy atom. The van der Waals surface area contributed by atoms with Gasteiger partial charge < -0.3 is 30.1 Å². The van der Waals surface area contributed by atoms with Crippen molar-refractivity contribution in [1.29, 1.82) is 0 Å². The van der Waals surface area contributed by atoms with Crippen molar-refractivity contribution in [1.82, 2.24) is 5.32 Å². The van der Waals surface area contributed by atoms with Crippen molar-refractivity contribution in [3.63, 3.8) is 0 Å². The number of methoxy groups -OCH3 is 1. The molecule has 1 amide bonds. The molecule has 0 saturated carbocycles. The monoisotopic (exact) mass is 297 g/mol. The number of nitrogens with one attached hydrogen (secondary N) is 1. The number of rotatable bonds is 5. The zero-order valence-electron chi connectivity index (χ0n) is 11.5. The van der Waals surface area contributed by atoms with Gasteiger partial charge in [-0.05, 0) is 12.1 Å². The summed E-state index contributed by atoms with van der Waals surface area (Å²) in [5.74, 6) is -0.385. The molecule has 1 saturated heterocycles. The summed E-state index contributed by atoms with van der Waals surface area (Å²) in [5, 5.41) is 31.3. The smallest absolute Gasteiger partial charge is 0.251 e. The first-order valence-electron chi connectivity index (χ1n) is 6.59. The van der Waals surface area contributed by atoms with Crippen molar-refractivity contribution in [2.75, 3.05) is 13.7 Å². The number of amides is 1. The Morgan fingerprint density at radius 3 is 2.67 bits per heavy atom. The summed E-state index contributed by atoms with van der Waals surface area (Å²) in [6.45, 7) is -0.558. The maximum absolute atomic E-state index is 12.1. The number of ether oxygens (including phenoxy) is 2. The molecule has 7 nitrogen and oxygen atoms in total. The average molecular weight is 297 g/mol. The zero-order valence-corrected chi connectivity index (χ0v) is 11.5. The van der Waals surface area contributed by atoms with Gasteiger partial charge in [0.05, 0.1) is 6.61 Å². The van der Waals surface area contributed by atoms with Crippen LogP contribution in [0.1, 0.15) is 10.4 Å². The van der Waals surface area contributed by atoms with Crippen LogP contribution in [0.5, 0.6) is 0 Å². The van der Waals surface area contributed by atoms with Gasteiger partial charge in [0.25, 0.3) is 5.91 Å². The van der Waals surface area contributed by atoms with Crippen molar-refractivity contribution >= 4 is 5.91 Å². The van der Waals surface area contributed by atoms with Gasteiger partial charge >= 0.3 is 0 Å². The number of aliphatic hydroxyl groups excluding tert-OH is 3. The minimum absolute atomic E-state index is 0.385. The average Bonchev–Trinajstić information content (AvgIpc) is 2.84. The van der Waals surface area contributed by atoms with Gasteiger partial charge in [-0.25, -0.2) is 0 Å². The zero-order chi connectivity index (χ0) is 15.4. The lowest BCUT2D eigenvalue weighted by Crippen LogP contribution is -2.49. The Balaban J connectivity index is 2.09. The molecular weight excluding hydrogens is 278 g/mol. The molecule has 4 N–H and O–H groups in total. The van der Waals surface area contributed by atoms with Crippen LogP contribution in [0.2, 0.25) is 0 Å². The summed E-state index contributed by atoms with van der Waals surface area (Å²) in [4.78, 5) is 12.1. The Kier molecular flexibility index (Phi) is 5.27. The fourth-order valence-corrected chi connectivity index (χ4v) is 2.29. The van der Waals surface area contributed by atoms with Crippen molar-refractivity contribution < 1.29 is 29.6 Å². The molecule has 1 aromatic rings. The van der Waals surface area contributed by atoms with E-state index in [0.29, 0.717) is 5.56 Å². The molecular formula is C14H19NO6. The van der Waals surface area contributed by atoms with Gasteiger partial charge in [0.2, 0.25) is 0 Å². The molecule has 0 aromatic heterocycles. The molecule has 116 valence electrons. The highest BCUT2D eigenvalue weighted by molar-refractivity contribution is 5.94. The van der Waals surface area contributed by atoms with Crippen LogP contribution >= 0.6 is 0 Å². The van der Waals surface area contributed by atoms with E-state index in [2.05, 4.69) is 5.32 Å². The Morgan fingerprint density at radius 2 is 2.10 bits per heavy atom. The van der Waals surface area contributed by atoms with Gasteiger partial charge in [-0.1, -0.05) is 18.2 Å².